The van der Waals surface area contributed by atoms with Crippen LogP contribution in [0.25, 0.3) is 11.3 Å². The monoisotopic (exact) mass is 376 g/mol. The van der Waals surface area contributed by atoms with E-state index < -0.39 is 11.9 Å². The molecular formula is C22H20N2O4. The van der Waals surface area contributed by atoms with Gasteiger partial charge in [-0.15, -0.1) is 0 Å². The number of aromatic nitrogens is 1. The molecule has 2 heterocycles. The number of methoxy groups -OCH3 is 2. The van der Waals surface area contributed by atoms with E-state index in [9.17, 15) is 9.59 Å². The van der Waals surface area contributed by atoms with Gasteiger partial charge in [-0.05, 0) is 43.3 Å². The van der Waals surface area contributed by atoms with Gasteiger partial charge in [-0.3, -0.25) is 4.98 Å². The summed E-state index contributed by atoms with van der Waals surface area (Å²) in [6.45, 7) is 1.94. The summed E-state index contributed by atoms with van der Waals surface area (Å²) in [7, 11) is 2.54. The molecule has 0 radical (unpaired) electrons. The number of pyridine rings is 1. The standard InChI is InChI=1S/C22H20N2O4/c1-15-7-6-9-19(23-15)16-10-12-17(13-11-16)24-14-5-4-8-18(21(25)27-2)20(24)22(26)28-3/h4-14H,1-3H3. The SMILES string of the molecule is COC(=O)C1=C(C(=O)OC)N(c2ccc(-c3cccc(C)n3)cc2)C=CC=C1. The molecule has 0 bridgehead atoms. The van der Waals surface area contributed by atoms with Crippen LogP contribution in [0.2, 0.25) is 0 Å². The molecule has 0 saturated heterocycles. The minimum atomic E-state index is -0.638. The average Bonchev–Trinajstić information content (AvgIpc) is 2.95. The summed E-state index contributed by atoms with van der Waals surface area (Å²) < 4.78 is 9.73. The number of benzene rings is 1. The minimum Gasteiger partial charge on any atom is -0.465 e. The van der Waals surface area contributed by atoms with Gasteiger partial charge in [0.1, 0.15) is 5.70 Å². The van der Waals surface area contributed by atoms with E-state index in [-0.39, 0.29) is 11.3 Å². The molecule has 6 heteroatoms. The van der Waals surface area contributed by atoms with E-state index in [0.717, 1.165) is 17.0 Å². The lowest BCUT2D eigenvalue weighted by molar-refractivity contribution is -0.139. The second-order valence-corrected chi connectivity index (χ2v) is 6.03. The van der Waals surface area contributed by atoms with E-state index in [1.807, 2.05) is 49.4 Å². The number of rotatable bonds is 4. The smallest absolute Gasteiger partial charge is 0.355 e. The number of hydrogen-bond donors (Lipinski definition) is 0. The minimum absolute atomic E-state index is 0.0841. The molecule has 3 rings (SSSR count). The van der Waals surface area contributed by atoms with Crippen LogP contribution in [0, 0.1) is 6.92 Å². The Morgan fingerprint density at radius 3 is 2.29 bits per heavy atom. The van der Waals surface area contributed by atoms with Crippen molar-refractivity contribution in [2.45, 2.75) is 6.92 Å². The van der Waals surface area contributed by atoms with E-state index in [1.54, 1.807) is 23.3 Å². The number of nitrogens with zero attached hydrogens (tertiary/aromatic N) is 2. The molecule has 0 atom stereocenters. The Kier molecular flexibility index (Phi) is 5.69. The molecular weight excluding hydrogens is 356 g/mol. The molecule has 0 aliphatic carbocycles. The lowest BCUT2D eigenvalue weighted by atomic mass is 10.1. The van der Waals surface area contributed by atoms with Crippen molar-refractivity contribution in [2.75, 3.05) is 19.1 Å². The van der Waals surface area contributed by atoms with Crippen molar-refractivity contribution in [1.29, 1.82) is 0 Å². The molecule has 2 aromatic rings. The summed E-state index contributed by atoms with van der Waals surface area (Å²) in [5.41, 5.74) is 3.63. The highest BCUT2D eigenvalue weighted by atomic mass is 16.5. The predicted octanol–water partition coefficient (Wildman–Crippen LogP) is 3.55. The van der Waals surface area contributed by atoms with Gasteiger partial charge in [-0.25, -0.2) is 9.59 Å². The van der Waals surface area contributed by atoms with E-state index in [1.165, 1.54) is 20.3 Å². The van der Waals surface area contributed by atoms with Crippen molar-refractivity contribution >= 4 is 17.6 Å². The summed E-state index contributed by atoms with van der Waals surface area (Å²) in [4.78, 5) is 30.8. The van der Waals surface area contributed by atoms with Crippen molar-refractivity contribution in [1.82, 2.24) is 4.98 Å². The van der Waals surface area contributed by atoms with Crippen molar-refractivity contribution in [3.8, 4) is 11.3 Å². The maximum Gasteiger partial charge on any atom is 0.355 e. The summed E-state index contributed by atoms with van der Waals surface area (Å²) in [6.07, 6.45) is 6.62. The second kappa shape index (κ2) is 8.35. The largest absolute Gasteiger partial charge is 0.465 e. The van der Waals surface area contributed by atoms with Crippen LogP contribution in [0.5, 0.6) is 0 Å². The summed E-state index contributed by atoms with van der Waals surface area (Å²) in [6, 6.07) is 13.4. The van der Waals surface area contributed by atoms with Gasteiger partial charge in [0.25, 0.3) is 0 Å². The predicted molar refractivity (Wildman–Crippen MR) is 106 cm³/mol. The maximum atomic E-state index is 12.5. The normalized spacial score (nSPS) is 13.3. The molecule has 1 aromatic heterocycles. The van der Waals surface area contributed by atoms with E-state index in [0.29, 0.717) is 5.69 Å². The van der Waals surface area contributed by atoms with Crippen LogP contribution in [0.1, 0.15) is 5.69 Å². The van der Waals surface area contributed by atoms with Crippen molar-refractivity contribution in [2.24, 2.45) is 0 Å². The van der Waals surface area contributed by atoms with Gasteiger partial charge in [-0.1, -0.05) is 24.3 Å². The number of ether oxygens (including phenoxy) is 2. The molecule has 0 spiro atoms. The molecule has 0 fully saturated rings. The van der Waals surface area contributed by atoms with Gasteiger partial charge in [-0.2, -0.15) is 0 Å². The third-order valence-corrected chi connectivity index (χ3v) is 4.22. The maximum absolute atomic E-state index is 12.5. The van der Waals surface area contributed by atoms with Gasteiger partial charge >= 0.3 is 11.9 Å². The first-order chi connectivity index (χ1) is 13.5. The average molecular weight is 376 g/mol. The third-order valence-electron chi connectivity index (χ3n) is 4.22. The highest BCUT2D eigenvalue weighted by Crippen LogP contribution is 2.28. The van der Waals surface area contributed by atoms with Crippen LogP contribution in [0.3, 0.4) is 0 Å². The fraction of sp³-hybridized carbons (Fsp3) is 0.136. The number of anilines is 1. The van der Waals surface area contributed by atoms with Gasteiger partial charge in [0.05, 0.1) is 25.5 Å². The van der Waals surface area contributed by atoms with Crippen LogP contribution in [-0.4, -0.2) is 31.1 Å². The highest BCUT2D eigenvalue weighted by Gasteiger charge is 2.27. The van der Waals surface area contributed by atoms with E-state index in [2.05, 4.69) is 4.98 Å². The quantitative estimate of drug-likeness (QED) is 0.760. The van der Waals surface area contributed by atoms with Crippen LogP contribution in [-0.2, 0) is 19.1 Å². The fourth-order valence-corrected chi connectivity index (χ4v) is 2.86. The van der Waals surface area contributed by atoms with Crippen LogP contribution >= 0.6 is 0 Å². The first-order valence-corrected chi connectivity index (χ1v) is 8.64. The first-order valence-electron chi connectivity index (χ1n) is 8.64. The molecule has 0 amide bonds. The van der Waals surface area contributed by atoms with Crippen molar-refractivity contribution in [3.05, 3.63) is 83.9 Å². The zero-order chi connectivity index (χ0) is 20.1. The second-order valence-electron chi connectivity index (χ2n) is 6.03. The molecule has 0 N–H and O–H groups in total. The molecule has 142 valence electrons. The topological polar surface area (TPSA) is 68.7 Å². The Morgan fingerprint density at radius 2 is 1.64 bits per heavy atom. The zero-order valence-electron chi connectivity index (χ0n) is 15.9. The van der Waals surface area contributed by atoms with E-state index in [4.69, 9.17) is 9.47 Å². The van der Waals surface area contributed by atoms with Crippen molar-refractivity contribution < 1.29 is 19.1 Å². The molecule has 28 heavy (non-hydrogen) atoms. The Morgan fingerprint density at radius 1 is 0.929 bits per heavy atom. The van der Waals surface area contributed by atoms with Crippen LogP contribution < -0.4 is 4.90 Å². The number of esters is 2. The van der Waals surface area contributed by atoms with Gasteiger partial charge in [0, 0.05) is 23.1 Å². The van der Waals surface area contributed by atoms with E-state index >= 15 is 0 Å². The Bertz CT molecular complexity index is 988. The Balaban J connectivity index is 2.05. The Labute approximate surface area is 163 Å². The number of aryl methyl sites for hydroxylation is 1. The summed E-state index contributed by atoms with van der Waals surface area (Å²) >= 11 is 0. The van der Waals surface area contributed by atoms with Crippen molar-refractivity contribution in [3.63, 3.8) is 0 Å². The molecule has 1 aromatic carbocycles. The van der Waals surface area contributed by atoms with Gasteiger partial charge < -0.3 is 14.4 Å². The Hall–Kier alpha value is -3.67. The summed E-state index contributed by atoms with van der Waals surface area (Å²) in [5.74, 6) is -1.26. The number of allylic oxidation sites excluding steroid dienone is 2. The van der Waals surface area contributed by atoms with Gasteiger partial charge in [0.2, 0.25) is 0 Å². The number of carbonyl (C=O) groups is 2. The lowest BCUT2D eigenvalue weighted by Gasteiger charge is -2.23. The highest BCUT2D eigenvalue weighted by molar-refractivity contribution is 6.05. The first kappa shape index (κ1) is 19.1. The summed E-state index contributed by atoms with van der Waals surface area (Å²) in [5, 5.41) is 0. The third kappa shape index (κ3) is 3.86. The fourth-order valence-electron chi connectivity index (χ4n) is 2.86. The zero-order valence-corrected chi connectivity index (χ0v) is 15.9. The molecule has 6 nitrogen and oxygen atoms in total. The van der Waals surface area contributed by atoms with Crippen LogP contribution in [0.4, 0.5) is 5.69 Å². The van der Waals surface area contributed by atoms with Crippen LogP contribution in [0.15, 0.2) is 78.2 Å². The number of hydrogen-bond acceptors (Lipinski definition) is 6. The molecule has 1 aliphatic heterocycles. The molecule has 0 saturated carbocycles. The molecule has 1 aliphatic rings. The lowest BCUT2D eigenvalue weighted by Crippen LogP contribution is -2.26. The van der Waals surface area contributed by atoms with Gasteiger partial charge in [0.15, 0.2) is 0 Å². The number of carbonyl (C=O) groups excluding carboxylic acids is 2. The molecule has 0 unspecified atom stereocenters.